The molecule has 2 aromatic rings. The van der Waals surface area contributed by atoms with Crippen LogP contribution in [-0.4, -0.2) is 73.2 Å². The molecule has 0 radical (unpaired) electrons. The fraction of sp³-hybridized carbons (Fsp3) is 0.571. The predicted molar refractivity (Wildman–Crippen MR) is 137 cm³/mol. The van der Waals surface area contributed by atoms with Crippen LogP contribution in [0.5, 0.6) is 0 Å². The molecular formula is C21H32IN7S. The van der Waals surface area contributed by atoms with E-state index in [0.29, 0.717) is 0 Å². The number of hydrogen-bond acceptors (Lipinski definition) is 6. The standard InChI is InChI=1S/C21H31N7S.HI/c1-2-22-20(27-15-13-26(14-16-27)19-7-3-4-9-23-19)24-10-8-18-17-29-21(25-18)28-11-5-6-12-28;/h3-4,7,9,17H,2,5-6,8,10-16H2,1H3,(H,22,24);1H. The number of thiazole rings is 1. The molecule has 2 aromatic heterocycles. The lowest BCUT2D eigenvalue weighted by Gasteiger charge is -2.37. The zero-order valence-electron chi connectivity index (χ0n) is 17.7. The number of piperazine rings is 1. The average Bonchev–Trinajstić information content (AvgIpc) is 3.46. The highest BCUT2D eigenvalue weighted by molar-refractivity contribution is 14.0. The van der Waals surface area contributed by atoms with E-state index in [2.05, 4.69) is 43.4 Å². The second kappa shape index (κ2) is 11.7. The molecule has 2 aliphatic rings. The molecule has 2 fully saturated rings. The molecule has 0 atom stereocenters. The summed E-state index contributed by atoms with van der Waals surface area (Å²) >= 11 is 1.77. The van der Waals surface area contributed by atoms with Crippen molar-refractivity contribution in [2.45, 2.75) is 26.2 Å². The minimum absolute atomic E-state index is 0. The first kappa shape index (κ1) is 23.1. The molecule has 0 aromatic carbocycles. The van der Waals surface area contributed by atoms with E-state index in [1.807, 2.05) is 18.3 Å². The normalized spacial score (nSPS) is 17.2. The molecule has 1 N–H and O–H groups in total. The van der Waals surface area contributed by atoms with Crippen molar-refractivity contribution in [1.82, 2.24) is 20.2 Å². The molecular weight excluding hydrogens is 509 g/mol. The van der Waals surface area contributed by atoms with Crippen LogP contribution >= 0.6 is 35.3 Å². The Labute approximate surface area is 200 Å². The molecule has 0 saturated carbocycles. The molecule has 30 heavy (non-hydrogen) atoms. The number of halogens is 1. The van der Waals surface area contributed by atoms with E-state index < -0.39 is 0 Å². The van der Waals surface area contributed by atoms with Gasteiger partial charge in [-0.15, -0.1) is 35.3 Å². The quantitative estimate of drug-likeness (QED) is 0.345. The minimum atomic E-state index is 0. The van der Waals surface area contributed by atoms with Crippen LogP contribution in [0.1, 0.15) is 25.5 Å². The Kier molecular flexibility index (Phi) is 8.98. The van der Waals surface area contributed by atoms with Gasteiger partial charge in [0, 0.05) is 70.4 Å². The highest BCUT2D eigenvalue weighted by Gasteiger charge is 2.20. The number of pyridine rings is 1. The van der Waals surface area contributed by atoms with Crippen LogP contribution in [0.2, 0.25) is 0 Å². The van der Waals surface area contributed by atoms with Gasteiger partial charge < -0.3 is 20.0 Å². The average molecular weight is 542 g/mol. The van der Waals surface area contributed by atoms with Gasteiger partial charge in [-0.25, -0.2) is 9.97 Å². The predicted octanol–water partition coefficient (Wildman–Crippen LogP) is 3.09. The molecule has 4 heterocycles. The molecule has 164 valence electrons. The van der Waals surface area contributed by atoms with Gasteiger partial charge in [0.25, 0.3) is 0 Å². The summed E-state index contributed by atoms with van der Waals surface area (Å²) < 4.78 is 0. The van der Waals surface area contributed by atoms with Crippen LogP contribution < -0.4 is 15.1 Å². The first-order chi connectivity index (χ1) is 14.3. The molecule has 7 nitrogen and oxygen atoms in total. The number of guanidine groups is 1. The zero-order valence-corrected chi connectivity index (χ0v) is 20.8. The third-order valence-corrected chi connectivity index (χ3v) is 6.38. The van der Waals surface area contributed by atoms with Gasteiger partial charge in [-0.05, 0) is 31.9 Å². The molecule has 9 heteroatoms. The Morgan fingerprint density at radius 2 is 1.90 bits per heavy atom. The monoisotopic (exact) mass is 541 g/mol. The summed E-state index contributed by atoms with van der Waals surface area (Å²) in [5, 5.41) is 6.83. The summed E-state index contributed by atoms with van der Waals surface area (Å²) in [5.41, 5.74) is 1.16. The third kappa shape index (κ3) is 5.96. The van der Waals surface area contributed by atoms with Crippen molar-refractivity contribution in [3.8, 4) is 0 Å². The summed E-state index contributed by atoms with van der Waals surface area (Å²) in [6, 6.07) is 6.10. The Morgan fingerprint density at radius 3 is 2.60 bits per heavy atom. The molecule has 0 spiro atoms. The Morgan fingerprint density at radius 1 is 1.10 bits per heavy atom. The number of anilines is 2. The SMILES string of the molecule is CCNC(=NCCc1csc(N2CCCC2)n1)N1CCN(c2ccccn2)CC1.I. The molecule has 2 aliphatic heterocycles. The number of nitrogens with zero attached hydrogens (tertiary/aromatic N) is 6. The Hall–Kier alpha value is -1.62. The van der Waals surface area contributed by atoms with Crippen molar-refractivity contribution in [1.29, 1.82) is 0 Å². The van der Waals surface area contributed by atoms with E-state index in [1.54, 1.807) is 11.3 Å². The lowest BCUT2D eigenvalue weighted by atomic mass is 10.3. The Balaban J connectivity index is 0.00000256. The molecule has 0 unspecified atom stereocenters. The van der Waals surface area contributed by atoms with E-state index in [4.69, 9.17) is 9.98 Å². The summed E-state index contributed by atoms with van der Waals surface area (Å²) in [4.78, 5) is 21.3. The van der Waals surface area contributed by atoms with Gasteiger partial charge in [-0.1, -0.05) is 6.07 Å². The molecule has 0 bridgehead atoms. The van der Waals surface area contributed by atoms with Crippen LogP contribution in [0.3, 0.4) is 0 Å². The molecule has 0 amide bonds. The van der Waals surface area contributed by atoms with Crippen LogP contribution in [0.25, 0.3) is 0 Å². The lowest BCUT2D eigenvalue weighted by molar-refractivity contribution is 0.371. The highest BCUT2D eigenvalue weighted by Crippen LogP contribution is 2.24. The van der Waals surface area contributed by atoms with Crippen LogP contribution in [-0.2, 0) is 6.42 Å². The maximum atomic E-state index is 4.89. The van der Waals surface area contributed by atoms with Crippen molar-refractivity contribution < 1.29 is 0 Å². The first-order valence-corrected chi connectivity index (χ1v) is 11.6. The third-order valence-electron chi connectivity index (χ3n) is 5.43. The minimum Gasteiger partial charge on any atom is -0.357 e. The van der Waals surface area contributed by atoms with E-state index in [1.165, 1.54) is 18.0 Å². The van der Waals surface area contributed by atoms with Gasteiger partial charge >= 0.3 is 0 Å². The first-order valence-electron chi connectivity index (χ1n) is 10.7. The molecule has 2 saturated heterocycles. The lowest BCUT2D eigenvalue weighted by Crippen LogP contribution is -2.52. The summed E-state index contributed by atoms with van der Waals surface area (Å²) in [6.45, 7) is 9.93. The maximum Gasteiger partial charge on any atom is 0.194 e. The summed E-state index contributed by atoms with van der Waals surface area (Å²) in [5.74, 6) is 2.08. The zero-order chi connectivity index (χ0) is 19.9. The fourth-order valence-corrected chi connectivity index (χ4v) is 4.77. The maximum absolute atomic E-state index is 4.89. The number of hydrogen-bond donors (Lipinski definition) is 1. The van der Waals surface area contributed by atoms with Gasteiger partial charge in [-0.3, -0.25) is 4.99 Å². The van der Waals surface area contributed by atoms with Gasteiger partial charge in [0.15, 0.2) is 11.1 Å². The van der Waals surface area contributed by atoms with Crippen LogP contribution in [0.4, 0.5) is 10.9 Å². The van der Waals surface area contributed by atoms with E-state index in [-0.39, 0.29) is 24.0 Å². The van der Waals surface area contributed by atoms with Gasteiger partial charge in [-0.2, -0.15) is 0 Å². The fourth-order valence-electron chi connectivity index (χ4n) is 3.86. The van der Waals surface area contributed by atoms with Crippen LogP contribution in [0, 0.1) is 0 Å². The Bertz CT molecular complexity index is 784. The molecule has 4 rings (SSSR count). The summed E-state index contributed by atoms with van der Waals surface area (Å²) in [7, 11) is 0. The van der Waals surface area contributed by atoms with Gasteiger partial charge in [0.05, 0.1) is 5.69 Å². The van der Waals surface area contributed by atoms with Crippen LogP contribution in [0.15, 0.2) is 34.8 Å². The highest BCUT2D eigenvalue weighted by atomic mass is 127. The largest absolute Gasteiger partial charge is 0.357 e. The summed E-state index contributed by atoms with van der Waals surface area (Å²) in [6.07, 6.45) is 5.34. The van der Waals surface area contributed by atoms with Crippen molar-refractivity contribution in [2.24, 2.45) is 4.99 Å². The number of aromatic nitrogens is 2. The van der Waals surface area contributed by atoms with E-state index in [9.17, 15) is 0 Å². The van der Waals surface area contributed by atoms with Crippen molar-refractivity contribution in [3.63, 3.8) is 0 Å². The smallest absolute Gasteiger partial charge is 0.194 e. The number of aliphatic imine (C=N–C) groups is 1. The number of nitrogens with one attached hydrogen (secondary N) is 1. The van der Waals surface area contributed by atoms with E-state index >= 15 is 0 Å². The topological polar surface area (TPSA) is 59.9 Å². The van der Waals surface area contributed by atoms with Crippen molar-refractivity contribution >= 4 is 52.2 Å². The second-order valence-corrected chi connectivity index (χ2v) is 8.30. The second-order valence-electron chi connectivity index (χ2n) is 7.46. The number of rotatable bonds is 6. The van der Waals surface area contributed by atoms with E-state index in [0.717, 1.165) is 76.3 Å². The van der Waals surface area contributed by atoms with Gasteiger partial charge in [0.2, 0.25) is 0 Å². The van der Waals surface area contributed by atoms with Gasteiger partial charge in [0.1, 0.15) is 5.82 Å². The van der Waals surface area contributed by atoms with Crippen molar-refractivity contribution in [2.75, 3.05) is 62.2 Å². The van der Waals surface area contributed by atoms with Crippen molar-refractivity contribution in [3.05, 3.63) is 35.5 Å². The molecule has 0 aliphatic carbocycles.